The van der Waals surface area contributed by atoms with Gasteiger partial charge in [0.1, 0.15) is 5.56 Å². The maximum atomic E-state index is 12.0. The Bertz CT molecular complexity index is 660. The van der Waals surface area contributed by atoms with Gasteiger partial charge in [0.25, 0.3) is 11.5 Å². The Morgan fingerprint density at radius 2 is 2.37 bits per heavy atom. The van der Waals surface area contributed by atoms with Crippen molar-refractivity contribution in [2.24, 2.45) is 0 Å². The largest absolute Gasteiger partial charge is 0.388 e. The van der Waals surface area contributed by atoms with Crippen molar-refractivity contribution in [1.82, 2.24) is 14.7 Å². The van der Waals surface area contributed by atoms with E-state index >= 15 is 0 Å². The number of nitrogens with one attached hydrogen (secondary N) is 1. The molecule has 1 atom stereocenters. The summed E-state index contributed by atoms with van der Waals surface area (Å²) in [5.74, 6) is -0.521. The van der Waals surface area contributed by atoms with Crippen LogP contribution in [0.25, 0.3) is 4.96 Å². The number of fused-ring (bicyclic) bond motifs is 1. The highest BCUT2D eigenvalue weighted by atomic mass is 32.1. The standard InChI is InChI=1S/C12H15N3O3S/c1-3-12(2,18)7-14-9(16)8-6-13-11-15(10(8)17)4-5-19-11/h4-6,18H,3,7H2,1-2H3,(H,14,16). The maximum absolute atomic E-state index is 12.0. The second-order valence-electron chi connectivity index (χ2n) is 4.57. The van der Waals surface area contributed by atoms with Gasteiger partial charge in [0.05, 0.1) is 5.60 Å². The molecule has 1 unspecified atom stereocenters. The van der Waals surface area contributed by atoms with Gasteiger partial charge in [0.2, 0.25) is 0 Å². The Kier molecular flexibility index (Phi) is 3.68. The second kappa shape index (κ2) is 5.10. The molecule has 102 valence electrons. The van der Waals surface area contributed by atoms with Gasteiger partial charge in [-0.05, 0) is 13.3 Å². The van der Waals surface area contributed by atoms with Crippen LogP contribution in [0.15, 0.2) is 22.6 Å². The molecule has 0 bridgehead atoms. The highest BCUT2D eigenvalue weighted by Gasteiger charge is 2.20. The minimum atomic E-state index is -0.980. The monoisotopic (exact) mass is 281 g/mol. The summed E-state index contributed by atoms with van der Waals surface area (Å²) >= 11 is 1.32. The van der Waals surface area contributed by atoms with Gasteiger partial charge in [-0.3, -0.25) is 14.0 Å². The number of aromatic nitrogens is 2. The highest BCUT2D eigenvalue weighted by molar-refractivity contribution is 7.15. The molecule has 2 aromatic rings. The van der Waals surface area contributed by atoms with E-state index in [0.29, 0.717) is 11.4 Å². The van der Waals surface area contributed by atoms with Gasteiger partial charge < -0.3 is 10.4 Å². The summed E-state index contributed by atoms with van der Waals surface area (Å²) in [6.07, 6.45) is 3.35. The Labute approximate surface area is 113 Å². The Balaban J connectivity index is 2.22. The van der Waals surface area contributed by atoms with Crippen LogP contribution in [0.1, 0.15) is 30.6 Å². The smallest absolute Gasteiger partial charge is 0.271 e. The lowest BCUT2D eigenvalue weighted by Gasteiger charge is -2.21. The lowest BCUT2D eigenvalue weighted by molar-refractivity contribution is 0.0518. The van der Waals surface area contributed by atoms with Crippen molar-refractivity contribution in [1.29, 1.82) is 0 Å². The first-order chi connectivity index (χ1) is 8.94. The summed E-state index contributed by atoms with van der Waals surface area (Å²) < 4.78 is 1.33. The van der Waals surface area contributed by atoms with Gasteiger partial charge in [-0.1, -0.05) is 6.92 Å². The van der Waals surface area contributed by atoms with E-state index in [-0.39, 0.29) is 12.1 Å². The zero-order chi connectivity index (χ0) is 14.0. The molecule has 0 aromatic carbocycles. The van der Waals surface area contributed by atoms with Crippen LogP contribution in [0.4, 0.5) is 0 Å². The molecule has 2 heterocycles. The third-order valence-electron chi connectivity index (χ3n) is 2.98. The van der Waals surface area contributed by atoms with Crippen molar-refractivity contribution in [3.05, 3.63) is 33.7 Å². The second-order valence-corrected chi connectivity index (χ2v) is 5.44. The Morgan fingerprint density at radius 3 is 3.05 bits per heavy atom. The summed E-state index contributed by atoms with van der Waals surface area (Å²) in [6.45, 7) is 3.54. The fourth-order valence-electron chi connectivity index (χ4n) is 1.47. The summed E-state index contributed by atoms with van der Waals surface area (Å²) in [5, 5.41) is 14.1. The van der Waals surface area contributed by atoms with Crippen LogP contribution in [-0.4, -0.2) is 32.5 Å². The van der Waals surface area contributed by atoms with Crippen molar-refractivity contribution in [2.75, 3.05) is 6.54 Å². The average Bonchev–Trinajstić information content (AvgIpc) is 2.86. The van der Waals surface area contributed by atoms with E-state index in [9.17, 15) is 14.7 Å². The predicted molar refractivity (Wildman–Crippen MR) is 72.6 cm³/mol. The molecule has 0 aliphatic rings. The molecule has 1 amide bonds. The molecule has 6 nitrogen and oxygen atoms in total. The van der Waals surface area contributed by atoms with Crippen molar-refractivity contribution in [3.63, 3.8) is 0 Å². The fraction of sp³-hybridized carbons (Fsp3) is 0.417. The van der Waals surface area contributed by atoms with E-state index in [1.807, 2.05) is 6.92 Å². The Hall–Kier alpha value is -1.73. The van der Waals surface area contributed by atoms with Crippen molar-refractivity contribution >= 4 is 22.2 Å². The maximum Gasteiger partial charge on any atom is 0.271 e. The first-order valence-corrected chi connectivity index (χ1v) is 6.78. The summed E-state index contributed by atoms with van der Waals surface area (Å²) in [4.78, 5) is 28.5. The minimum Gasteiger partial charge on any atom is -0.388 e. The number of carbonyl (C=O) groups is 1. The number of rotatable bonds is 4. The Morgan fingerprint density at radius 1 is 1.63 bits per heavy atom. The number of thiazole rings is 1. The van der Waals surface area contributed by atoms with Crippen LogP contribution < -0.4 is 10.9 Å². The summed E-state index contributed by atoms with van der Waals surface area (Å²) in [6, 6.07) is 0. The van der Waals surface area contributed by atoms with E-state index in [2.05, 4.69) is 10.3 Å². The molecule has 2 N–H and O–H groups in total. The van der Waals surface area contributed by atoms with Crippen LogP contribution in [0.2, 0.25) is 0 Å². The molecular formula is C12H15N3O3S. The van der Waals surface area contributed by atoms with Gasteiger partial charge in [-0.25, -0.2) is 4.98 Å². The fourth-order valence-corrected chi connectivity index (χ4v) is 2.15. The quantitative estimate of drug-likeness (QED) is 0.861. The predicted octanol–water partition coefficient (Wildman–Crippen LogP) is 0.647. The molecule has 7 heteroatoms. The van der Waals surface area contributed by atoms with Gasteiger partial charge in [0, 0.05) is 24.3 Å². The number of nitrogens with zero attached hydrogens (tertiary/aromatic N) is 2. The highest BCUT2D eigenvalue weighted by Crippen LogP contribution is 2.07. The minimum absolute atomic E-state index is 0.0252. The molecule has 0 fully saturated rings. The molecule has 0 saturated heterocycles. The van der Waals surface area contributed by atoms with E-state index < -0.39 is 17.1 Å². The molecular weight excluding hydrogens is 266 g/mol. The van der Waals surface area contributed by atoms with Crippen molar-refractivity contribution in [3.8, 4) is 0 Å². The number of aliphatic hydroxyl groups is 1. The number of carbonyl (C=O) groups excluding carboxylic acids is 1. The molecule has 0 spiro atoms. The molecule has 0 radical (unpaired) electrons. The molecule has 19 heavy (non-hydrogen) atoms. The number of hydrogen-bond acceptors (Lipinski definition) is 5. The molecule has 2 aromatic heterocycles. The molecule has 0 aliphatic carbocycles. The molecule has 0 aliphatic heterocycles. The van der Waals surface area contributed by atoms with Crippen molar-refractivity contribution < 1.29 is 9.90 Å². The van der Waals surface area contributed by atoms with Crippen LogP contribution in [-0.2, 0) is 0 Å². The van der Waals surface area contributed by atoms with E-state index in [1.54, 1.807) is 18.5 Å². The van der Waals surface area contributed by atoms with E-state index in [4.69, 9.17) is 0 Å². The number of amides is 1. The van der Waals surface area contributed by atoms with Gasteiger partial charge >= 0.3 is 0 Å². The normalized spacial score (nSPS) is 14.3. The van der Waals surface area contributed by atoms with Crippen molar-refractivity contribution in [2.45, 2.75) is 25.9 Å². The summed E-state index contributed by atoms with van der Waals surface area (Å²) in [7, 11) is 0. The number of hydrogen-bond donors (Lipinski definition) is 2. The van der Waals surface area contributed by atoms with E-state index in [0.717, 1.165) is 0 Å². The van der Waals surface area contributed by atoms with Gasteiger partial charge in [0.15, 0.2) is 4.96 Å². The third kappa shape index (κ3) is 2.82. The zero-order valence-electron chi connectivity index (χ0n) is 10.7. The summed E-state index contributed by atoms with van der Waals surface area (Å²) in [5.41, 5.74) is -1.41. The van der Waals surface area contributed by atoms with E-state index in [1.165, 1.54) is 21.9 Å². The molecule has 0 saturated carbocycles. The zero-order valence-corrected chi connectivity index (χ0v) is 11.5. The first kappa shape index (κ1) is 13.7. The first-order valence-electron chi connectivity index (χ1n) is 5.90. The topological polar surface area (TPSA) is 83.7 Å². The van der Waals surface area contributed by atoms with Crippen LogP contribution >= 0.6 is 11.3 Å². The van der Waals surface area contributed by atoms with Crippen LogP contribution in [0.5, 0.6) is 0 Å². The van der Waals surface area contributed by atoms with Crippen LogP contribution in [0, 0.1) is 0 Å². The lowest BCUT2D eigenvalue weighted by Crippen LogP contribution is -2.41. The lowest BCUT2D eigenvalue weighted by atomic mass is 10.0. The van der Waals surface area contributed by atoms with Gasteiger partial charge in [-0.15, -0.1) is 11.3 Å². The van der Waals surface area contributed by atoms with Gasteiger partial charge in [-0.2, -0.15) is 0 Å². The third-order valence-corrected chi connectivity index (χ3v) is 3.75. The average molecular weight is 281 g/mol. The SMILES string of the molecule is CCC(C)(O)CNC(=O)c1cnc2sccn2c1=O. The molecule has 2 rings (SSSR count). The van der Waals surface area contributed by atoms with Crippen LogP contribution in [0.3, 0.4) is 0 Å².